The second-order valence-corrected chi connectivity index (χ2v) is 6.02. The molecule has 102 valence electrons. The van der Waals surface area contributed by atoms with Crippen LogP contribution in [0.25, 0.3) is 10.2 Å². The first-order valence-corrected chi connectivity index (χ1v) is 7.54. The minimum absolute atomic E-state index is 0.770. The van der Waals surface area contributed by atoms with Crippen LogP contribution in [0.15, 0.2) is 42.5 Å². The molecule has 0 spiro atoms. The van der Waals surface area contributed by atoms with Crippen LogP contribution in [-0.4, -0.2) is 11.5 Å². The summed E-state index contributed by atoms with van der Waals surface area (Å²) in [7, 11) is 0. The minimum Gasteiger partial charge on any atom is -0.399 e. The third kappa shape index (κ3) is 3.03. The van der Waals surface area contributed by atoms with Gasteiger partial charge in [0.15, 0.2) is 5.13 Å². The summed E-state index contributed by atoms with van der Waals surface area (Å²) in [5.41, 5.74) is 8.74. The zero-order valence-corrected chi connectivity index (χ0v) is 12.3. The van der Waals surface area contributed by atoms with Gasteiger partial charge in [-0.15, -0.1) is 0 Å². The van der Waals surface area contributed by atoms with E-state index in [1.807, 2.05) is 36.4 Å². The molecule has 3 nitrogen and oxygen atoms in total. The third-order valence-electron chi connectivity index (χ3n) is 2.99. The van der Waals surface area contributed by atoms with Crippen LogP contribution in [0.4, 0.5) is 10.8 Å². The van der Waals surface area contributed by atoms with Crippen molar-refractivity contribution < 1.29 is 0 Å². The highest BCUT2D eigenvalue weighted by Gasteiger charge is 2.03. The van der Waals surface area contributed by atoms with Gasteiger partial charge in [0, 0.05) is 17.3 Å². The van der Waals surface area contributed by atoms with Crippen LogP contribution in [-0.2, 0) is 6.42 Å². The third-order valence-corrected chi connectivity index (χ3v) is 4.20. The molecule has 3 N–H and O–H groups in total. The second kappa shape index (κ2) is 5.69. The van der Waals surface area contributed by atoms with E-state index in [0.29, 0.717) is 0 Å². The summed E-state index contributed by atoms with van der Waals surface area (Å²) in [4.78, 5) is 4.53. The number of nitrogens with one attached hydrogen (secondary N) is 1. The second-order valence-electron chi connectivity index (χ2n) is 4.55. The smallest absolute Gasteiger partial charge is 0.183 e. The molecule has 3 aromatic rings. The molecule has 0 bridgehead atoms. The molecule has 0 saturated heterocycles. The Bertz CT molecular complexity index is 739. The van der Waals surface area contributed by atoms with Crippen LogP contribution in [0, 0.1) is 0 Å². The van der Waals surface area contributed by atoms with Crippen LogP contribution >= 0.6 is 22.9 Å². The fraction of sp³-hybridized carbons (Fsp3) is 0.133. The van der Waals surface area contributed by atoms with Crippen LogP contribution in [0.1, 0.15) is 5.56 Å². The Kier molecular flexibility index (Phi) is 3.76. The van der Waals surface area contributed by atoms with Gasteiger partial charge in [0.25, 0.3) is 0 Å². The molecule has 20 heavy (non-hydrogen) atoms. The fourth-order valence-corrected chi connectivity index (χ4v) is 3.18. The Morgan fingerprint density at radius 1 is 1.20 bits per heavy atom. The van der Waals surface area contributed by atoms with Gasteiger partial charge in [0.05, 0.1) is 10.2 Å². The Balaban J connectivity index is 1.65. The number of thiazole rings is 1. The van der Waals surface area contributed by atoms with Gasteiger partial charge in [-0.3, -0.25) is 0 Å². The van der Waals surface area contributed by atoms with Gasteiger partial charge in [-0.1, -0.05) is 35.1 Å². The maximum atomic E-state index is 5.97. The predicted molar refractivity (Wildman–Crippen MR) is 87.7 cm³/mol. The molecule has 0 unspecified atom stereocenters. The highest BCUT2D eigenvalue weighted by atomic mass is 35.5. The summed E-state index contributed by atoms with van der Waals surface area (Å²) in [6.45, 7) is 0.829. The predicted octanol–water partition coefficient (Wildman–Crippen LogP) is 4.19. The quantitative estimate of drug-likeness (QED) is 0.711. The number of hydrogen-bond donors (Lipinski definition) is 2. The van der Waals surface area contributed by atoms with E-state index in [0.717, 1.165) is 39.0 Å². The number of benzene rings is 2. The van der Waals surface area contributed by atoms with Gasteiger partial charge in [0.2, 0.25) is 0 Å². The van der Waals surface area contributed by atoms with Crippen LogP contribution in [0.5, 0.6) is 0 Å². The van der Waals surface area contributed by atoms with Crippen LogP contribution in [0.2, 0.25) is 5.02 Å². The number of aromatic nitrogens is 1. The lowest BCUT2D eigenvalue weighted by atomic mass is 10.1. The maximum Gasteiger partial charge on any atom is 0.183 e. The van der Waals surface area contributed by atoms with Crippen molar-refractivity contribution >= 4 is 44.0 Å². The Morgan fingerprint density at radius 2 is 2.10 bits per heavy atom. The number of hydrogen-bond acceptors (Lipinski definition) is 4. The molecule has 0 aliphatic carbocycles. The van der Waals surface area contributed by atoms with Crippen LogP contribution in [0.3, 0.4) is 0 Å². The van der Waals surface area contributed by atoms with Crippen molar-refractivity contribution in [3.05, 3.63) is 53.1 Å². The molecule has 0 aliphatic heterocycles. The zero-order chi connectivity index (χ0) is 13.9. The lowest BCUT2D eigenvalue weighted by Gasteiger charge is -2.03. The minimum atomic E-state index is 0.770. The van der Waals surface area contributed by atoms with E-state index >= 15 is 0 Å². The first-order valence-electron chi connectivity index (χ1n) is 6.35. The summed E-state index contributed by atoms with van der Waals surface area (Å²) in [6, 6.07) is 13.7. The molecule has 0 aliphatic rings. The number of fused-ring (bicyclic) bond motifs is 1. The van der Waals surface area contributed by atoms with Gasteiger partial charge in [0.1, 0.15) is 0 Å². The summed E-state index contributed by atoms with van der Waals surface area (Å²) >= 11 is 7.59. The molecule has 2 aromatic carbocycles. The van der Waals surface area contributed by atoms with Gasteiger partial charge in [-0.2, -0.15) is 0 Å². The lowest BCUT2D eigenvalue weighted by molar-refractivity contribution is 1.02. The lowest BCUT2D eigenvalue weighted by Crippen LogP contribution is -2.04. The fourth-order valence-electron chi connectivity index (χ4n) is 2.02. The number of anilines is 2. The monoisotopic (exact) mass is 303 g/mol. The SMILES string of the molecule is Nc1ccc2nc(NCCc3cccc(Cl)c3)sc2c1. The first kappa shape index (κ1) is 13.2. The summed E-state index contributed by atoms with van der Waals surface area (Å²) in [5.74, 6) is 0. The largest absolute Gasteiger partial charge is 0.399 e. The summed E-state index contributed by atoms with van der Waals surface area (Å²) < 4.78 is 1.11. The van der Waals surface area contributed by atoms with Crippen molar-refractivity contribution in [1.82, 2.24) is 4.98 Å². The molecule has 0 amide bonds. The summed E-state index contributed by atoms with van der Waals surface area (Å²) in [6.07, 6.45) is 0.915. The average Bonchev–Trinajstić information content (AvgIpc) is 2.80. The molecule has 1 heterocycles. The molecule has 3 rings (SSSR count). The standard InChI is InChI=1S/C15H14ClN3S/c16-11-3-1-2-10(8-11)6-7-18-15-19-13-5-4-12(17)9-14(13)20-15/h1-5,8-9H,6-7,17H2,(H,18,19). The van der Waals surface area contributed by atoms with E-state index in [9.17, 15) is 0 Å². The van der Waals surface area contributed by atoms with E-state index in [1.54, 1.807) is 11.3 Å². The Morgan fingerprint density at radius 3 is 2.95 bits per heavy atom. The Hall–Kier alpha value is -1.78. The number of rotatable bonds is 4. The van der Waals surface area contributed by atoms with Crippen molar-refractivity contribution in [1.29, 1.82) is 0 Å². The van der Waals surface area contributed by atoms with Gasteiger partial charge in [-0.25, -0.2) is 4.98 Å². The van der Waals surface area contributed by atoms with Crippen molar-refractivity contribution in [3.63, 3.8) is 0 Å². The highest BCUT2D eigenvalue weighted by molar-refractivity contribution is 7.22. The number of nitrogens with two attached hydrogens (primary N) is 1. The Labute approximate surface area is 126 Å². The molecule has 0 atom stereocenters. The summed E-state index contributed by atoms with van der Waals surface area (Å²) in [5, 5.41) is 5.04. The van der Waals surface area contributed by atoms with Crippen molar-refractivity contribution in [2.45, 2.75) is 6.42 Å². The number of halogens is 1. The molecule has 0 radical (unpaired) electrons. The highest BCUT2D eigenvalue weighted by Crippen LogP contribution is 2.27. The van der Waals surface area contributed by atoms with E-state index in [4.69, 9.17) is 17.3 Å². The van der Waals surface area contributed by atoms with E-state index in [-0.39, 0.29) is 0 Å². The number of nitrogens with zero attached hydrogens (tertiary/aromatic N) is 1. The molecular formula is C15H14ClN3S. The van der Waals surface area contributed by atoms with Crippen molar-refractivity contribution in [2.24, 2.45) is 0 Å². The molecular weight excluding hydrogens is 290 g/mol. The molecule has 0 saturated carbocycles. The van der Waals surface area contributed by atoms with Crippen LogP contribution < -0.4 is 11.1 Å². The van der Waals surface area contributed by atoms with Gasteiger partial charge >= 0.3 is 0 Å². The van der Waals surface area contributed by atoms with E-state index in [2.05, 4.69) is 16.4 Å². The van der Waals surface area contributed by atoms with Crippen molar-refractivity contribution in [2.75, 3.05) is 17.6 Å². The molecule has 5 heteroatoms. The topological polar surface area (TPSA) is 50.9 Å². The normalized spacial score (nSPS) is 10.8. The van der Waals surface area contributed by atoms with E-state index in [1.165, 1.54) is 5.56 Å². The molecule has 0 fully saturated rings. The van der Waals surface area contributed by atoms with Gasteiger partial charge < -0.3 is 11.1 Å². The maximum absolute atomic E-state index is 5.97. The zero-order valence-electron chi connectivity index (χ0n) is 10.8. The van der Waals surface area contributed by atoms with E-state index < -0.39 is 0 Å². The van der Waals surface area contributed by atoms with Gasteiger partial charge in [-0.05, 0) is 42.3 Å². The number of nitrogen functional groups attached to an aromatic ring is 1. The molecule has 1 aromatic heterocycles. The average molecular weight is 304 g/mol. The van der Waals surface area contributed by atoms with Crippen molar-refractivity contribution in [3.8, 4) is 0 Å². The first-order chi connectivity index (χ1) is 9.70.